The molecule has 1 aromatic carbocycles. The van der Waals surface area contributed by atoms with E-state index in [9.17, 15) is 4.39 Å². The van der Waals surface area contributed by atoms with Crippen LogP contribution in [0.4, 0.5) is 4.39 Å². The lowest BCUT2D eigenvalue weighted by Crippen LogP contribution is -2.44. The van der Waals surface area contributed by atoms with Crippen LogP contribution in [0.2, 0.25) is 0 Å². The Morgan fingerprint density at radius 2 is 2.11 bits per heavy atom. The van der Waals surface area contributed by atoms with Crippen molar-refractivity contribution in [2.45, 2.75) is 13.3 Å². The Morgan fingerprint density at radius 1 is 1.33 bits per heavy atom. The fourth-order valence-corrected chi connectivity index (χ4v) is 2.25. The van der Waals surface area contributed by atoms with Gasteiger partial charge >= 0.3 is 0 Å². The number of benzene rings is 1. The van der Waals surface area contributed by atoms with Gasteiger partial charge in [0.05, 0.1) is 6.61 Å². The summed E-state index contributed by atoms with van der Waals surface area (Å²) in [6.07, 6.45) is 0.840. The lowest BCUT2D eigenvalue weighted by Gasteiger charge is -2.27. The van der Waals surface area contributed by atoms with Crippen LogP contribution in [0, 0.1) is 5.82 Å². The lowest BCUT2D eigenvalue weighted by atomic mass is 10.1. The molecule has 4 heteroatoms. The quantitative estimate of drug-likeness (QED) is 0.863. The highest BCUT2D eigenvalue weighted by atomic mass is 19.1. The van der Waals surface area contributed by atoms with Crippen molar-refractivity contribution in [2.75, 3.05) is 39.3 Å². The monoisotopic (exact) mass is 252 g/mol. The molecule has 0 amide bonds. The smallest absolute Gasteiger partial charge is 0.123 e. The summed E-state index contributed by atoms with van der Waals surface area (Å²) in [5, 5.41) is 3.33. The van der Waals surface area contributed by atoms with Gasteiger partial charge in [0.15, 0.2) is 0 Å². The molecule has 18 heavy (non-hydrogen) atoms. The molecule has 1 aromatic rings. The SMILES string of the molecule is CCOc1ccc(F)cc1CCN1CCNCC1. The van der Waals surface area contributed by atoms with Crippen LogP contribution in [-0.2, 0) is 6.42 Å². The Morgan fingerprint density at radius 3 is 2.83 bits per heavy atom. The second-order valence-electron chi connectivity index (χ2n) is 4.53. The minimum atomic E-state index is -0.186. The van der Waals surface area contributed by atoms with Crippen molar-refractivity contribution in [3.63, 3.8) is 0 Å². The highest BCUT2D eigenvalue weighted by Gasteiger charge is 2.11. The molecule has 1 saturated heterocycles. The van der Waals surface area contributed by atoms with Crippen molar-refractivity contribution in [2.24, 2.45) is 0 Å². The Kier molecular flexibility index (Phi) is 4.96. The first-order valence-corrected chi connectivity index (χ1v) is 6.64. The van der Waals surface area contributed by atoms with E-state index in [1.165, 1.54) is 6.07 Å². The molecule has 1 fully saturated rings. The third-order valence-electron chi connectivity index (χ3n) is 3.23. The summed E-state index contributed by atoms with van der Waals surface area (Å²) < 4.78 is 18.8. The zero-order chi connectivity index (χ0) is 12.8. The van der Waals surface area contributed by atoms with Gasteiger partial charge in [-0.2, -0.15) is 0 Å². The zero-order valence-electron chi connectivity index (χ0n) is 10.9. The highest BCUT2D eigenvalue weighted by Crippen LogP contribution is 2.20. The number of halogens is 1. The summed E-state index contributed by atoms with van der Waals surface area (Å²) in [6, 6.07) is 4.78. The van der Waals surface area contributed by atoms with Crippen molar-refractivity contribution < 1.29 is 9.13 Å². The van der Waals surface area contributed by atoms with E-state index in [1.807, 2.05) is 6.92 Å². The molecule has 2 rings (SSSR count). The van der Waals surface area contributed by atoms with Gasteiger partial charge in [0.1, 0.15) is 11.6 Å². The number of nitrogens with one attached hydrogen (secondary N) is 1. The fraction of sp³-hybridized carbons (Fsp3) is 0.571. The van der Waals surface area contributed by atoms with Crippen molar-refractivity contribution in [3.05, 3.63) is 29.6 Å². The van der Waals surface area contributed by atoms with Gasteiger partial charge in [-0.3, -0.25) is 0 Å². The molecule has 0 saturated carbocycles. The van der Waals surface area contributed by atoms with Crippen molar-refractivity contribution in [1.82, 2.24) is 10.2 Å². The molecule has 0 aliphatic carbocycles. The molecule has 0 atom stereocenters. The first-order valence-electron chi connectivity index (χ1n) is 6.64. The van der Waals surface area contributed by atoms with Gasteiger partial charge in [-0.1, -0.05) is 0 Å². The van der Waals surface area contributed by atoms with E-state index in [1.54, 1.807) is 12.1 Å². The first kappa shape index (κ1) is 13.3. The van der Waals surface area contributed by atoms with Gasteiger partial charge in [0.2, 0.25) is 0 Å². The van der Waals surface area contributed by atoms with Gasteiger partial charge < -0.3 is 15.0 Å². The number of piperazine rings is 1. The van der Waals surface area contributed by atoms with E-state index in [-0.39, 0.29) is 5.82 Å². The Balaban J connectivity index is 1.95. The minimum Gasteiger partial charge on any atom is -0.494 e. The summed E-state index contributed by atoms with van der Waals surface area (Å²) in [4.78, 5) is 2.40. The molecule has 0 bridgehead atoms. The predicted molar refractivity (Wildman–Crippen MR) is 70.6 cm³/mol. The second kappa shape index (κ2) is 6.71. The third-order valence-corrected chi connectivity index (χ3v) is 3.23. The number of hydrogen-bond donors (Lipinski definition) is 1. The normalized spacial score (nSPS) is 16.8. The molecular formula is C14H21FN2O. The van der Waals surface area contributed by atoms with Gasteiger partial charge in [0.25, 0.3) is 0 Å². The average Bonchev–Trinajstić information content (AvgIpc) is 2.40. The molecule has 0 aromatic heterocycles. The van der Waals surface area contributed by atoms with Crippen LogP contribution < -0.4 is 10.1 Å². The zero-order valence-corrected chi connectivity index (χ0v) is 10.9. The van der Waals surface area contributed by atoms with Gasteiger partial charge in [0, 0.05) is 32.7 Å². The number of nitrogens with zero attached hydrogens (tertiary/aromatic N) is 1. The average molecular weight is 252 g/mol. The summed E-state index contributed by atoms with van der Waals surface area (Å²) in [5.74, 6) is 0.628. The van der Waals surface area contributed by atoms with E-state index in [4.69, 9.17) is 4.74 Å². The molecular weight excluding hydrogens is 231 g/mol. The largest absolute Gasteiger partial charge is 0.494 e. The van der Waals surface area contributed by atoms with Gasteiger partial charge in [-0.05, 0) is 37.1 Å². The van der Waals surface area contributed by atoms with Gasteiger partial charge in [-0.25, -0.2) is 4.39 Å². The van der Waals surface area contributed by atoms with E-state index < -0.39 is 0 Å². The van der Waals surface area contributed by atoms with Crippen LogP contribution in [-0.4, -0.2) is 44.2 Å². The summed E-state index contributed by atoms with van der Waals surface area (Å²) in [5.41, 5.74) is 0.968. The molecule has 100 valence electrons. The van der Waals surface area contributed by atoms with Crippen LogP contribution in [0.3, 0.4) is 0 Å². The first-order chi connectivity index (χ1) is 8.79. The molecule has 0 unspecified atom stereocenters. The van der Waals surface area contributed by atoms with Crippen molar-refractivity contribution in [3.8, 4) is 5.75 Å². The standard InChI is InChI=1S/C14H21FN2O/c1-2-18-14-4-3-13(15)11-12(14)5-8-17-9-6-16-7-10-17/h3-4,11,16H,2,5-10H2,1H3. The maximum absolute atomic E-state index is 13.3. The Hall–Kier alpha value is -1.13. The highest BCUT2D eigenvalue weighted by molar-refractivity contribution is 5.34. The van der Waals surface area contributed by atoms with E-state index in [2.05, 4.69) is 10.2 Å². The van der Waals surface area contributed by atoms with Crippen molar-refractivity contribution >= 4 is 0 Å². The second-order valence-corrected chi connectivity index (χ2v) is 4.53. The number of ether oxygens (including phenoxy) is 1. The van der Waals surface area contributed by atoms with Crippen LogP contribution in [0.25, 0.3) is 0 Å². The predicted octanol–water partition coefficient (Wildman–Crippen LogP) is 1.67. The van der Waals surface area contributed by atoms with Crippen LogP contribution in [0.5, 0.6) is 5.75 Å². The lowest BCUT2D eigenvalue weighted by molar-refractivity contribution is 0.242. The topological polar surface area (TPSA) is 24.5 Å². The summed E-state index contributed by atoms with van der Waals surface area (Å²) >= 11 is 0. The van der Waals surface area contributed by atoms with Crippen LogP contribution >= 0.6 is 0 Å². The number of rotatable bonds is 5. The molecule has 1 aliphatic heterocycles. The Bertz CT molecular complexity index is 378. The fourth-order valence-electron chi connectivity index (χ4n) is 2.25. The summed E-state index contributed by atoms with van der Waals surface area (Å²) in [6.45, 7) is 7.75. The maximum Gasteiger partial charge on any atom is 0.123 e. The minimum absolute atomic E-state index is 0.186. The van der Waals surface area contributed by atoms with Gasteiger partial charge in [-0.15, -0.1) is 0 Å². The summed E-state index contributed by atoms with van der Waals surface area (Å²) in [7, 11) is 0. The molecule has 1 heterocycles. The molecule has 3 nitrogen and oxygen atoms in total. The van der Waals surface area contributed by atoms with Crippen LogP contribution in [0.1, 0.15) is 12.5 Å². The molecule has 1 aliphatic rings. The van der Waals surface area contributed by atoms with Crippen molar-refractivity contribution in [1.29, 1.82) is 0 Å². The van der Waals surface area contributed by atoms with E-state index >= 15 is 0 Å². The Labute approximate surface area is 108 Å². The molecule has 0 radical (unpaired) electrons. The molecule has 0 spiro atoms. The maximum atomic E-state index is 13.3. The van der Waals surface area contributed by atoms with Crippen LogP contribution in [0.15, 0.2) is 18.2 Å². The van der Waals surface area contributed by atoms with E-state index in [0.717, 1.165) is 50.5 Å². The van der Waals surface area contributed by atoms with E-state index in [0.29, 0.717) is 6.61 Å². The third kappa shape index (κ3) is 3.68. The molecule has 1 N–H and O–H groups in total. The number of hydrogen-bond acceptors (Lipinski definition) is 3.